The molecule has 0 saturated heterocycles. The van der Waals surface area contributed by atoms with Crippen molar-refractivity contribution >= 4 is 45.1 Å². The van der Waals surface area contributed by atoms with E-state index in [4.69, 9.17) is 14.2 Å². The molecule has 0 aromatic heterocycles. The first-order chi connectivity index (χ1) is 17.9. The fourth-order valence-electron chi connectivity index (χ4n) is 4.51. The Hall–Kier alpha value is -3.42. The van der Waals surface area contributed by atoms with Crippen molar-refractivity contribution in [1.82, 2.24) is 5.32 Å². The highest BCUT2D eigenvalue weighted by atomic mass is 79.9. The maximum atomic E-state index is 13.1. The number of ether oxygens (including phenoxy) is 3. The Morgan fingerprint density at radius 1 is 1.14 bits per heavy atom. The molecule has 1 amide bonds. The SMILES string of the molecule is COc1cc(C2C(C#N)=C(SCC(=O)Nc3ccc(Br)cc3)NC3=C2C(=O)CCC3)cc(OC)c1OC. The number of hydrogen-bond acceptors (Lipinski definition) is 8. The minimum atomic E-state index is -0.625. The molecule has 1 heterocycles. The molecule has 1 aliphatic heterocycles. The molecule has 1 aliphatic carbocycles. The van der Waals surface area contributed by atoms with Gasteiger partial charge in [-0.05, 0) is 54.8 Å². The normalized spacial score (nSPS) is 16.9. The number of allylic oxidation sites excluding steroid dienone is 3. The number of Topliss-reactive ketones (excluding diaryl/α,β-unsaturated/α-hetero) is 1. The number of nitriles is 1. The van der Waals surface area contributed by atoms with E-state index in [0.717, 1.165) is 16.6 Å². The molecule has 1 atom stereocenters. The molecule has 1 unspecified atom stereocenters. The third-order valence-corrected chi connectivity index (χ3v) is 7.70. The Bertz CT molecular complexity index is 1310. The highest BCUT2D eigenvalue weighted by Gasteiger charge is 2.38. The molecule has 0 bridgehead atoms. The topological polar surface area (TPSA) is 110 Å². The molecule has 0 fully saturated rings. The Labute approximate surface area is 228 Å². The summed E-state index contributed by atoms with van der Waals surface area (Å²) >= 11 is 4.61. The Morgan fingerprint density at radius 2 is 1.81 bits per heavy atom. The zero-order valence-electron chi connectivity index (χ0n) is 20.6. The smallest absolute Gasteiger partial charge is 0.234 e. The number of amides is 1. The van der Waals surface area contributed by atoms with Crippen LogP contribution in [-0.4, -0.2) is 38.8 Å². The van der Waals surface area contributed by atoms with Gasteiger partial charge in [-0.3, -0.25) is 9.59 Å². The summed E-state index contributed by atoms with van der Waals surface area (Å²) in [5.74, 6) is 0.540. The van der Waals surface area contributed by atoms with Gasteiger partial charge in [0.15, 0.2) is 17.3 Å². The van der Waals surface area contributed by atoms with Crippen molar-refractivity contribution in [1.29, 1.82) is 5.26 Å². The van der Waals surface area contributed by atoms with Crippen molar-refractivity contribution in [2.75, 3.05) is 32.4 Å². The van der Waals surface area contributed by atoms with Gasteiger partial charge in [0, 0.05) is 27.9 Å². The molecule has 2 aromatic rings. The van der Waals surface area contributed by atoms with Crippen LogP contribution in [0.25, 0.3) is 0 Å². The fraction of sp³-hybridized carbons (Fsp3) is 0.296. The number of anilines is 1. The van der Waals surface area contributed by atoms with Gasteiger partial charge in [0.1, 0.15) is 0 Å². The van der Waals surface area contributed by atoms with Crippen LogP contribution in [0.5, 0.6) is 17.2 Å². The third-order valence-electron chi connectivity index (χ3n) is 6.16. The zero-order chi connectivity index (χ0) is 26.5. The van der Waals surface area contributed by atoms with E-state index < -0.39 is 5.92 Å². The van der Waals surface area contributed by atoms with Crippen LogP contribution in [0.15, 0.2) is 62.7 Å². The van der Waals surface area contributed by atoms with Crippen molar-refractivity contribution in [3.05, 3.63) is 68.3 Å². The zero-order valence-corrected chi connectivity index (χ0v) is 23.0. The molecule has 2 aliphatic rings. The largest absolute Gasteiger partial charge is 0.493 e. The van der Waals surface area contributed by atoms with Gasteiger partial charge in [0.2, 0.25) is 11.7 Å². The predicted octanol–water partition coefficient (Wildman–Crippen LogP) is 5.28. The van der Waals surface area contributed by atoms with E-state index in [1.807, 2.05) is 12.1 Å². The van der Waals surface area contributed by atoms with Gasteiger partial charge in [-0.1, -0.05) is 27.7 Å². The second-order valence-corrected chi connectivity index (χ2v) is 10.3. The second kappa shape index (κ2) is 11.8. The Kier molecular flexibility index (Phi) is 8.46. The summed E-state index contributed by atoms with van der Waals surface area (Å²) in [6, 6.07) is 13.1. The lowest BCUT2D eigenvalue weighted by Gasteiger charge is -2.33. The average molecular weight is 584 g/mol. The van der Waals surface area contributed by atoms with Gasteiger partial charge < -0.3 is 24.8 Å². The van der Waals surface area contributed by atoms with E-state index in [1.165, 1.54) is 33.1 Å². The maximum Gasteiger partial charge on any atom is 0.234 e. The van der Waals surface area contributed by atoms with Gasteiger partial charge >= 0.3 is 0 Å². The number of thioether (sulfide) groups is 1. The van der Waals surface area contributed by atoms with Crippen LogP contribution in [0.1, 0.15) is 30.7 Å². The van der Waals surface area contributed by atoms with Crippen LogP contribution < -0.4 is 24.8 Å². The molecular weight excluding hydrogens is 558 g/mol. The number of nitrogens with one attached hydrogen (secondary N) is 2. The van der Waals surface area contributed by atoms with Crippen molar-refractivity contribution < 1.29 is 23.8 Å². The van der Waals surface area contributed by atoms with Gasteiger partial charge in [0.05, 0.1) is 49.7 Å². The van der Waals surface area contributed by atoms with Gasteiger partial charge in [0.25, 0.3) is 0 Å². The quantitative estimate of drug-likeness (QED) is 0.432. The molecule has 37 heavy (non-hydrogen) atoms. The number of carbonyl (C=O) groups is 2. The number of benzene rings is 2. The maximum absolute atomic E-state index is 13.1. The Morgan fingerprint density at radius 3 is 2.41 bits per heavy atom. The monoisotopic (exact) mass is 583 g/mol. The summed E-state index contributed by atoms with van der Waals surface area (Å²) in [4.78, 5) is 25.8. The van der Waals surface area contributed by atoms with Crippen LogP contribution >= 0.6 is 27.7 Å². The summed E-state index contributed by atoms with van der Waals surface area (Å²) in [5.41, 5.74) is 3.07. The first-order valence-corrected chi connectivity index (χ1v) is 13.3. The Balaban J connectivity index is 1.70. The number of halogens is 1. The first kappa shape index (κ1) is 26.6. The van der Waals surface area contributed by atoms with Crippen molar-refractivity contribution in [2.24, 2.45) is 0 Å². The number of rotatable bonds is 8. The summed E-state index contributed by atoms with van der Waals surface area (Å²) in [6.07, 6.45) is 1.81. The summed E-state index contributed by atoms with van der Waals surface area (Å²) < 4.78 is 17.4. The fourth-order valence-corrected chi connectivity index (χ4v) is 5.63. The summed E-state index contributed by atoms with van der Waals surface area (Å²) in [7, 11) is 4.56. The first-order valence-electron chi connectivity index (χ1n) is 11.6. The highest BCUT2D eigenvalue weighted by molar-refractivity contribution is 9.10. The number of carbonyl (C=O) groups excluding carboxylic acids is 2. The van der Waals surface area contributed by atoms with Crippen LogP contribution in [-0.2, 0) is 9.59 Å². The molecular formula is C27H26BrN3O5S. The molecule has 0 spiro atoms. The number of ketones is 1. The molecule has 2 N–H and O–H groups in total. The number of dihydropyridines is 1. The van der Waals surface area contributed by atoms with E-state index in [9.17, 15) is 14.9 Å². The van der Waals surface area contributed by atoms with E-state index in [-0.39, 0.29) is 17.4 Å². The minimum absolute atomic E-state index is 0.00252. The molecule has 2 aromatic carbocycles. The van der Waals surface area contributed by atoms with Crippen molar-refractivity contribution in [3.63, 3.8) is 0 Å². The molecule has 10 heteroatoms. The summed E-state index contributed by atoms with van der Waals surface area (Å²) in [5, 5.41) is 17.0. The third kappa shape index (κ3) is 5.63. The van der Waals surface area contributed by atoms with E-state index in [1.54, 1.807) is 24.3 Å². The minimum Gasteiger partial charge on any atom is -0.493 e. The van der Waals surface area contributed by atoms with Crippen molar-refractivity contribution in [2.45, 2.75) is 25.2 Å². The number of hydrogen-bond donors (Lipinski definition) is 2. The van der Waals surface area contributed by atoms with Crippen LogP contribution in [0.3, 0.4) is 0 Å². The van der Waals surface area contributed by atoms with E-state index in [0.29, 0.717) is 57.5 Å². The number of nitrogens with zero attached hydrogens (tertiary/aromatic N) is 1. The van der Waals surface area contributed by atoms with Crippen LogP contribution in [0.2, 0.25) is 0 Å². The van der Waals surface area contributed by atoms with E-state index >= 15 is 0 Å². The predicted molar refractivity (Wildman–Crippen MR) is 146 cm³/mol. The molecule has 4 rings (SSSR count). The summed E-state index contributed by atoms with van der Waals surface area (Å²) in [6.45, 7) is 0. The van der Waals surface area contributed by atoms with Gasteiger partial charge in [-0.15, -0.1) is 0 Å². The molecule has 0 radical (unpaired) electrons. The van der Waals surface area contributed by atoms with Crippen LogP contribution in [0, 0.1) is 11.3 Å². The molecule has 192 valence electrons. The van der Waals surface area contributed by atoms with Gasteiger partial charge in [-0.25, -0.2) is 0 Å². The second-order valence-electron chi connectivity index (χ2n) is 8.38. The molecule has 8 nitrogen and oxygen atoms in total. The molecule has 0 saturated carbocycles. The van der Waals surface area contributed by atoms with Crippen LogP contribution in [0.4, 0.5) is 5.69 Å². The lowest BCUT2D eigenvalue weighted by Crippen LogP contribution is -2.31. The highest BCUT2D eigenvalue weighted by Crippen LogP contribution is 2.48. The average Bonchev–Trinajstić information content (AvgIpc) is 2.91. The van der Waals surface area contributed by atoms with Gasteiger partial charge in [-0.2, -0.15) is 5.26 Å². The van der Waals surface area contributed by atoms with Crippen molar-refractivity contribution in [3.8, 4) is 23.3 Å². The standard InChI is InChI=1S/C27H26BrN3O5S/c1-34-21-11-15(12-22(35-2)26(21)36-3)24-18(13-29)27(31-19-5-4-6-20(32)25(19)24)37-14-23(33)30-17-9-7-16(28)8-10-17/h7-12,24,31H,4-6,14H2,1-3H3,(H,30,33). The van der Waals surface area contributed by atoms with E-state index in [2.05, 4.69) is 32.6 Å². The lowest BCUT2D eigenvalue weighted by atomic mass is 9.76. The lowest BCUT2D eigenvalue weighted by molar-refractivity contribution is -0.116. The number of methoxy groups -OCH3 is 3.